The van der Waals surface area contributed by atoms with E-state index < -0.39 is 0 Å². The fourth-order valence-corrected chi connectivity index (χ4v) is 3.24. The SMILES string of the molecule is Cc1cc(C)n(-c2cc(Oc3ccc(NC(=O)c4cc(C5CC5)on4)cc3)ncn2)n1. The van der Waals surface area contributed by atoms with Crippen molar-refractivity contribution >= 4 is 11.6 Å². The molecule has 0 saturated heterocycles. The summed E-state index contributed by atoms with van der Waals surface area (Å²) >= 11 is 0. The Hall–Kier alpha value is -4.01. The first-order valence-electron chi connectivity index (χ1n) is 9.97. The van der Waals surface area contributed by atoms with E-state index in [2.05, 4.69) is 25.5 Å². The molecule has 1 aliphatic carbocycles. The summed E-state index contributed by atoms with van der Waals surface area (Å²) < 4.78 is 12.8. The Morgan fingerprint density at radius 2 is 1.94 bits per heavy atom. The zero-order valence-electron chi connectivity index (χ0n) is 17.1. The number of nitrogens with one attached hydrogen (secondary N) is 1. The summed E-state index contributed by atoms with van der Waals surface area (Å²) in [5, 5.41) is 11.1. The lowest BCUT2D eigenvalue weighted by atomic mass is 10.2. The van der Waals surface area contributed by atoms with E-state index in [1.54, 1.807) is 41.1 Å². The maximum atomic E-state index is 12.4. The molecule has 3 heterocycles. The van der Waals surface area contributed by atoms with Gasteiger partial charge in [0.15, 0.2) is 11.5 Å². The normalized spacial score (nSPS) is 13.2. The van der Waals surface area contributed by atoms with Gasteiger partial charge in [0.25, 0.3) is 5.91 Å². The molecule has 9 heteroatoms. The third-order valence-corrected chi connectivity index (χ3v) is 4.93. The largest absolute Gasteiger partial charge is 0.439 e. The molecule has 1 amide bonds. The van der Waals surface area contributed by atoms with Crippen molar-refractivity contribution in [3.8, 4) is 17.4 Å². The van der Waals surface area contributed by atoms with Gasteiger partial charge in [-0.05, 0) is 57.0 Å². The maximum Gasteiger partial charge on any atom is 0.277 e. The fraction of sp³-hybridized carbons (Fsp3) is 0.227. The van der Waals surface area contributed by atoms with E-state index in [-0.39, 0.29) is 11.6 Å². The molecule has 3 aromatic heterocycles. The second-order valence-corrected chi connectivity index (χ2v) is 7.52. The number of aryl methyl sites for hydroxylation is 2. The van der Waals surface area contributed by atoms with Crippen LogP contribution in [0.15, 0.2) is 53.3 Å². The summed E-state index contributed by atoms with van der Waals surface area (Å²) in [6, 6.07) is 12.4. The fourth-order valence-electron chi connectivity index (χ4n) is 3.24. The molecule has 4 aromatic rings. The van der Waals surface area contributed by atoms with E-state index in [0.29, 0.717) is 29.1 Å². The number of carbonyl (C=O) groups excluding carboxylic acids is 1. The van der Waals surface area contributed by atoms with Gasteiger partial charge in [-0.3, -0.25) is 4.79 Å². The summed E-state index contributed by atoms with van der Waals surface area (Å²) in [5.74, 6) is 2.47. The summed E-state index contributed by atoms with van der Waals surface area (Å²) in [5.41, 5.74) is 2.78. The number of nitrogens with zero attached hydrogens (tertiary/aromatic N) is 5. The zero-order valence-corrected chi connectivity index (χ0v) is 17.1. The topological polar surface area (TPSA) is 108 Å². The van der Waals surface area contributed by atoms with Crippen molar-refractivity contribution < 1.29 is 14.1 Å². The summed E-state index contributed by atoms with van der Waals surface area (Å²) in [7, 11) is 0. The summed E-state index contributed by atoms with van der Waals surface area (Å²) in [6.07, 6.45) is 3.61. The minimum Gasteiger partial charge on any atom is -0.439 e. The number of hydrogen-bond acceptors (Lipinski definition) is 7. The highest BCUT2D eigenvalue weighted by Crippen LogP contribution is 2.40. The molecule has 1 aliphatic rings. The quantitative estimate of drug-likeness (QED) is 0.502. The molecule has 9 nitrogen and oxygen atoms in total. The molecule has 31 heavy (non-hydrogen) atoms. The number of benzene rings is 1. The van der Waals surface area contributed by atoms with Crippen LogP contribution in [0.5, 0.6) is 11.6 Å². The molecule has 1 saturated carbocycles. The minimum atomic E-state index is -0.311. The smallest absolute Gasteiger partial charge is 0.277 e. The van der Waals surface area contributed by atoms with Gasteiger partial charge in [-0.2, -0.15) is 5.10 Å². The monoisotopic (exact) mass is 416 g/mol. The van der Waals surface area contributed by atoms with Gasteiger partial charge in [0, 0.05) is 29.4 Å². The molecule has 5 rings (SSSR count). The average molecular weight is 416 g/mol. The maximum absolute atomic E-state index is 12.4. The zero-order chi connectivity index (χ0) is 21.4. The van der Waals surface area contributed by atoms with E-state index >= 15 is 0 Å². The Bertz CT molecular complexity index is 1240. The van der Waals surface area contributed by atoms with Gasteiger partial charge < -0.3 is 14.6 Å². The molecule has 1 N–H and O–H groups in total. The van der Waals surface area contributed by atoms with E-state index in [1.807, 2.05) is 19.9 Å². The number of amides is 1. The lowest BCUT2D eigenvalue weighted by molar-refractivity contribution is 0.101. The van der Waals surface area contributed by atoms with Crippen molar-refractivity contribution in [3.63, 3.8) is 0 Å². The third kappa shape index (κ3) is 4.16. The molecule has 1 fully saturated rings. The van der Waals surface area contributed by atoms with Crippen LogP contribution >= 0.6 is 0 Å². The molecule has 0 unspecified atom stereocenters. The van der Waals surface area contributed by atoms with Crippen LogP contribution in [0.1, 0.15) is 46.4 Å². The van der Waals surface area contributed by atoms with E-state index in [9.17, 15) is 4.79 Å². The highest BCUT2D eigenvalue weighted by atomic mass is 16.5. The van der Waals surface area contributed by atoms with Crippen LogP contribution in [0, 0.1) is 13.8 Å². The van der Waals surface area contributed by atoms with Gasteiger partial charge in [0.05, 0.1) is 5.69 Å². The van der Waals surface area contributed by atoms with E-state index in [4.69, 9.17) is 9.26 Å². The van der Waals surface area contributed by atoms with Gasteiger partial charge in [-0.25, -0.2) is 14.6 Å². The van der Waals surface area contributed by atoms with Crippen LogP contribution in [-0.4, -0.2) is 30.8 Å². The van der Waals surface area contributed by atoms with E-state index in [0.717, 1.165) is 30.0 Å². The van der Waals surface area contributed by atoms with Gasteiger partial charge >= 0.3 is 0 Å². The Labute approximate surface area is 178 Å². The van der Waals surface area contributed by atoms with Crippen LogP contribution in [0.2, 0.25) is 0 Å². The molecule has 0 radical (unpaired) electrons. The highest BCUT2D eigenvalue weighted by molar-refractivity contribution is 6.02. The number of anilines is 1. The molecular weight excluding hydrogens is 396 g/mol. The van der Waals surface area contributed by atoms with Crippen molar-refractivity contribution in [2.24, 2.45) is 0 Å². The van der Waals surface area contributed by atoms with Gasteiger partial charge in [-0.15, -0.1) is 0 Å². The highest BCUT2D eigenvalue weighted by Gasteiger charge is 2.28. The summed E-state index contributed by atoms with van der Waals surface area (Å²) in [6.45, 7) is 3.89. The second kappa shape index (κ2) is 7.67. The number of hydrogen-bond donors (Lipinski definition) is 1. The van der Waals surface area contributed by atoms with Crippen molar-refractivity contribution in [1.82, 2.24) is 24.9 Å². The predicted molar refractivity (Wildman–Crippen MR) is 112 cm³/mol. The van der Waals surface area contributed by atoms with Crippen LogP contribution < -0.4 is 10.1 Å². The molecule has 156 valence electrons. The average Bonchev–Trinajstić information content (AvgIpc) is 3.39. The van der Waals surface area contributed by atoms with Crippen LogP contribution in [0.3, 0.4) is 0 Å². The molecular formula is C22H20N6O3. The second-order valence-electron chi connectivity index (χ2n) is 7.52. The third-order valence-electron chi connectivity index (χ3n) is 4.93. The van der Waals surface area contributed by atoms with E-state index in [1.165, 1.54) is 6.33 Å². The Morgan fingerprint density at radius 3 is 2.65 bits per heavy atom. The standard InChI is InChI=1S/C22H20N6O3/c1-13-9-14(2)28(26-13)20-11-21(24-12-23-20)30-17-7-5-16(6-8-17)25-22(29)18-10-19(31-27-18)15-3-4-15/h5-12,15H,3-4H2,1-2H3,(H,25,29). The molecule has 0 atom stereocenters. The Balaban J connectivity index is 1.25. The Kier molecular flexibility index (Phi) is 4.70. The molecule has 0 spiro atoms. The number of ether oxygens (including phenoxy) is 1. The van der Waals surface area contributed by atoms with Crippen molar-refractivity contribution in [3.05, 3.63) is 71.6 Å². The van der Waals surface area contributed by atoms with Crippen LogP contribution in [0.25, 0.3) is 5.82 Å². The number of rotatable bonds is 6. The molecule has 0 bridgehead atoms. The summed E-state index contributed by atoms with van der Waals surface area (Å²) in [4.78, 5) is 20.8. The van der Waals surface area contributed by atoms with Crippen molar-refractivity contribution in [2.75, 3.05) is 5.32 Å². The number of aromatic nitrogens is 5. The van der Waals surface area contributed by atoms with Gasteiger partial charge in [0.1, 0.15) is 17.8 Å². The van der Waals surface area contributed by atoms with Gasteiger partial charge in [0.2, 0.25) is 5.88 Å². The number of carbonyl (C=O) groups is 1. The first-order valence-corrected chi connectivity index (χ1v) is 9.97. The molecule has 1 aromatic carbocycles. The predicted octanol–water partition coefficient (Wildman–Crippen LogP) is 4.19. The first-order chi connectivity index (χ1) is 15.0. The molecule has 0 aliphatic heterocycles. The van der Waals surface area contributed by atoms with Crippen LogP contribution in [-0.2, 0) is 0 Å². The van der Waals surface area contributed by atoms with Crippen molar-refractivity contribution in [2.45, 2.75) is 32.6 Å². The van der Waals surface area contributed by atoms with Crippen LogP contribution in [0.4, 0.5) is 5.69 Å². The van der Waals surface area contributed by atoms with Crippen molar-refractivity contribution in [1.29, 1.82) is 0 Å². The lowest BCUT2D eigenvalue weighted by Crippen LogP contribution is -2.12. The first kappa shape index (κ1) is 19.0. The Morgan fingerprint density at radius 1 is 1.13 bits per heavy atom. The van der Waals surface area contributed by atoms with Gasteiger partial charge in [-0.1, -0.05) is 5.16 Å². The lowest BCUT2D eigenvalue weighted by Gasteiger charge is -2.08. The minimum absolute atomic E-state index is 0.278.